The molecule has 0 fully saturated rings. The predicted octanol–water partition coefficient (Wildman–Crippen LogP) is 2.29. The van der Waals surface area contributed by atoms with Gasteiger partial charge < -0.3 is 10.4 Å². The minimum absolute atomic E-state index is 0. The molecule has 0 aromatic rings. The van der Waals surface area contributed by atoms with E-state index < -0.39 is 11.6 Å². The summed E-state index contributed by atoms with van der Waals surface area (Å²) in [6.45, 7) is 3.86. The minimum Gasteiger partial charge on any atom is -0.465 e. The second-order valence-corrected chi connectivity index (χ2v) is 2.71. The number of amides is 1. The Hall–Kier alpha value is -0.150. The zero-order valence-electron chi connectivity index (χ0n) is 6.50. The normalized spacial score (nSPS) is 14.5. The summed E-state index contributed by atoms with van der Waals surface area (Å²) in [4.78, 5) is 10.0. The number of rotatable bonds is 3. The topological polar surface area (TPSA) is 49.3 Å². The first-order valence-electron chi connectivity index (χ1n) is 3.21. The first-order chi connectivity index (χ1) is 4.57. The quantitative estimate of drug-likeness (QED) is 0.544. The van der Waals surface area contributed by atoms with Crippen LogP contribution in [0.4, 0.5) is 4.79 Å². The fraction of sp³-hybridized carbons (Fsp3) is 0.833. The van der Waals surface area contributed by atoms with Crippen molar-refractivity contribution >= 4 is 30.1 Å². The zero-order valence-corrected chi connectivity index (χ0v) is 8.08. The van der Waals surface area contributed by atoms with Crippen LogP contribution in [0.15, 0.2) is 0 Å². The van der Waals surface area contributed by atoms with Crippen LogP contribution in [0.2, 0.25) is 0 Å². The van der Waals surface area contributed by atoms with Crippen LogP contribution in [-0.2, 0) is 0 Å². The van der Waals surface area contributed by atoms with E-state index >= 15 is 0 Å². The van der Waals surface area contributed by atoms with Crippen molar-refractivity contribution in [3.05, 3.63) is 0 Å². The molecule has 2 unspecified atom stereocenters. The molecule has 2 atom stereocenters. The fourth-order valence-corrected chi connectivity index (χ4v) is 0.739. The Labute approximate surface area is 77.5 Å². The molecule has 0 aliphatic rings. The van der Waals surface area contributed by atoms with Gasteiger partial charge in [0.1, 0.15) is 5.50 Å². The molecular formula is C6H13Cl2NO2. The number of halogens is 2. The largest absolute Gasteiger partial charge is 0.465 e. The monoisotopic (exact) mass is 201 g/mol. The average molecular weight is 202 g/mol. The molecule has 0 spiro atoms. The Morgan fingerprint density at radius 1 is 1.73 bits per heavy atom. The van der Waals surface area contributed by atoms with Gasteiger partial charge in [-0.05, 0) is 5.92 Å². The lowest BCUT2D eigenvalue weighted by atomic mass is 10.1. The van der Waals surface area contributed by atoms with Gasteiger partial charge in [0.05, 0.1) is 0 Å². The lowest BCUT2D eigenvalue weighted by Crippen LogP contribution is -2.33. The van der Waals surface area contributed by atoms with Crippen molar-refractivity contribution in [3.8, 4) is 0 Å². The van der Waals surface area contributed by atoms with E-state index in [1.807, 2.05) is 13.8 Å². The number of carboxylic acid groups (broad SMARTS) is 1. The van der Waals surface area contributed by atoms with Gasteiger partial charge in [0.25, 0.3) is 0 Å². The third-order valence-corrected chi connectivity index (χ3v) is 1.94. The summed E-state index contributed by atoms with van der Waals surface area (Å²) < 4.78 is 0. The highest BCUT2D eigenvalue weighted by atomic mass is 35.5. The maximum Gasteiger partial charge on any atom is 0.405 e. The lowest BCUT2D eigenvalue weighted by Gasteiger charge is -2.14. The molecule has 11 heavy (non-hydrogen) atoms. The van der Waals surface area contributed by atoms with Crippen LogP contribution in [0.3, 0.4) is 0 Å². The van der Waals surface area contributed by atoms with E-state index in [9.17, 15) is 4.79 Å². The molecule has 0 saturated heterocycles. The summed E-state index contributed by atoms with van der Waals surface area (Å²) in [6.07, 6.45) is -0.200. The fourth-order valence-electron chi connectivity index (χ4n) is 0.467. The summed E-state index contributed by atoms with van der Waals surface area (Å²) in [5, 5.41) is 10.4. The number of nitrogens with one attached hydrogen (secondary N) is 1. The van der Waals surface area contributed by atoms with Gasteiger partial charge in [0, 0.05) is 0 Å². The maximum absolute atomic E-state index is 10.0. The van der Waals surface area contributed by atoms with Crippen LogP contribution in [0.25, 0.3) is 0 Å². The molecule has 68 valence electrons. The SMILES string of the molecule is CCC(C)C(Cl)NC(=O)O.Cl. The van der Waals surface area contributed by atoms with Crippen molar-refractivity contribution in [1.82, 2.24) is 5.32 Å². The van der Waals surface area contributed by atoms with Gasteiger partial charge in [-0.1, -0.05) is 31.9 Å². The van der Waals surface area contributed by atoms with Crippen LogP contribution >= 0.6 is 24.0 Å². The highest BCUT2D eigenvalue weighted by Gasteiger charge is 2.13. The van der Waals surface area contributed by atoms with Gasteiger partial charge in [-0.3, -0.25) is 0 Å². The molecule has 0 radical (unpaired) electrons. The molecule has 0 aliphatic heterocycles. The second-order valence-electron chi connectivity index (χ2n) is 2.24. The van der Waals surface area contributed by atoms with Crippen molar-refractivity contribution in [2.45, 2.75) is 25.8 Å². The van der Waals surface area contributed by atoms with Crippen LogP contribution in [0.1, 0.15) is 20.3 Å². The highest BCUT2D eigenvalue weighted by molar-refractivity contribution is 6.21. The minimum atomic E-state index is -1.07. The number of hydrogen-bond acceptors (Lipinski definition) is 1. The summed E-state index contributed by atoms with van der Waals surface area (Å²) in [5.41, 5.74) is -0.470. The molecule has 0 aromatic heterocycles. The van der Waals surface area contributed by atoms with Crippen molar-refractivity contribution < 1.29 is 9.90 Å². The maximum atomic E-state index is 10.0. The van der Waals surface area contributed by atoms with Crippen molar-refractivity contribution in [3.63, 3.8) is 0 Å². The van der Waals surface area contributed by atoms with E-state index in [0.29, 0.717) is 0 Å². The number of carbonyl (C=O) groups is 1. The predicted molar refractivity (Wildman–Crippen MR) is 47.5 cm³/mol. The van der Waals surface area contributed by atoms with Crippen LogP contribution < -0.4 is 5.32 Å². The molecule has 5 heteroatoms. The Morgan fingerprint density at radius 2 is 2.18 bits per heavy atom. The van der Waals surface area contributed by atoms with Crippen LogP contribution in [0, 0.1) is 5.92 Å². The van der Waals surface area contributed by atoms with Gasteiger partial charge >= 0.3 is 6.09 Å². The van der Waals surface area contributed by atoms with Gasteiger partial charge in [0.2, 0.25) is 0 Å². The zero-order chi connectivity index (χ0) is 8.15. The molecule has 0 bridgehead atoms. The number of hydrogen-bond donors (Lipinski definition) is 2. The Kier molecular flexibility index (Phi) is 8.01. The van der Waals surface area contributed by atoms with Crippen LogP contribution in [0.5, 0.6) is 0 Å². The summed E-state index contributed by atoms with van der Waals surface area (Å²) >= 11 is 5.63. The third-order valence-electron chi connectivity index (χ3n) is 1.40. The molecule has 0 aromatic carbocycles. The third kappa shape index (κ3) is 6.26. The van der Waals surface area contributed by atoms with Crippen molar-refractivity contribution in [1.29, 1.82) is 0 Å². The summed E-state index contributed by atoms with van der Waals surface area (Å²) in [5.74, 6) is 0.178. The number of alkyl halides is 1. The highest BCUT2D eigenvalue weighted by Crippen LogP contribution is 2.10. The Bertz CT molecular complexity index is 121. The summed E-state index contributed by atoms with van der Waals surface area (Å²) in [7, 11) is 0. The van der Waals surface area contributed by atoms with Gasteiger partial charge in [-0.2, -0.15) is 0 Å². The smallest absolute Gasteiger partial charge is 0.405 e. The Balaban J connectivity index is 0. The molecule has 0 aliphatic carbocycles. The Morgan fingerprint density at radius 3 is 2.45 bits per heavy atom. The van der Waals surface area contributed by atoms with E-state index in [1.54, 1.807) is 0 Å². The van der Waals surface area contributed by atoms with E-state index in [2.05, 4.69) is 5.32 Å². The van der Waals surface area contributed by atoms with Crippen LogP contribution in [-0.4, -0.2) is 16.7 Å². The van der Waals surface area contributed by atoms with Gasteiger partial charge in [-0.15, -0.1) is 12.4 Å². The van der Waals surface area contributed by atoms with E-state index in [4.69, 9.17) is 16.7 Å². The molecular weight excluding hydrogens is 189 g/mol. The molecule has 0 heterocycles. The standard InChI is InChI=1S/C6H12ClNO2.ClH/c1-3-4(2)5(7)8-6(9)10;/h4-5,8H,3H2,1-2H3,(H,9,10);1H. The van der Waals surface area contributed by atoms with Crippen molar-refractivity contribution in [2.75, 3.05) is 0 Å². The second kappa shape index (κ2) is 6.55. The van der Waals surface area contributed by atoms with Crippen molar-refractivity contribution in [2.24, 2.45) is 5.92 Å². The molecule has 1 amide bonds. The molecule has 0 rings (SSSR count). The van der Waals surface area contributed by atoms with Gasteiger partial charge in [0.15, 0.2) is 0 Å². The molecule has 3 nitrogen and oxygen atoms in total. The van der Waals surface area contributed by atoms with E-state index in [1.165, 1.54) is 0 Å². The van der Waals surface area contributed by atoms with E-state index in [0.717, 1.165) is 6.42 Å². The van der Waals surface area contributed by atoms with E-state index in [-0.39, 0.29) is 18.3 Å². The average Bonchev–Trinajstić information content (AvgIpc) is 1.85. The van der Waals surface area contributed by atoms with Gasteiger partial charge in [-0.25, -0.2) is 4.79 Å². The summed E-state index contributed by atoms with van der Waals surface area (Å²) in [6, 6.07) is 0. The molecule has 0 saturated carbocycles. The lowest BCUT2D eigenvalue weighted by molar-refractivity contribution is 0.190. The first kappa shape index (κ1) is 13.4. The molecule has 2 N–H and O–H groups in total. The first-order valence-corrected chi connectivity index (χ1v) is 3.65.